The van der Waals surface area contributed by atoms with Gasteiger partial charge in [0, 0.05) is 10.9 Å². The maximum absolute atomic E-state index is 6.10. The van der Waals surface area contributed by atoms with Crippen LogP contribution in [0.2, 0.25) is 5.02 Å². The highest BCUT2D eigenvalue weighted by molar-refractivity contribution is 9.10. The van der Waals surface area contributed by atoms with E-state index in [9.17, 15) is 0 Å². The van der Waals surface area contributed by atoms with Crippen LogP contribution in [0.3, 0.4) is 0 Å². The molecular weight excluding hydrogens is 340 g/mol. The lowest BCUT2D eigenvalue weighted by Crippen LogP contribution is -2.22. The number of ether oxygens (including phenoxy) is 2. The maximum Gasteiger partial charge on any atom is 0.139 e. The molecule has 2 aromatic rings. The Kier molecular flexibility index (Phi) is 3.90. The van der Waals surface area contributed by atoms with Crippen molar-refractivity contribution in [1.82, 2.24) is 0 Å². The van der Waals surface area contributed by atoms with Crippen LogP contribution in [-0.2, 0) is 6.42 Å². The molecule has 0 N–H and O–H groups in total. The first-order valence-electron chi connectivity index (χ1n) is 6.46. The van der Waals surface area contributed by atoms with E-state index in [1.807, 2.05) is 24.3 Å². The van der Waals surface area contributed by atoms with Crippen molar-refractivity contribution in [1.29, 1.82) is 0 Å². The molecule has 0 fully saturated rings. The van der Waals surface area contributed by atoms with Crippen molar-refractivity contribution in [3.63, 3.8) is 0 Å². The topological polar surface area (TPSA) is 18.5 Å². The Hall–Kier alpha value is -1.19. The summed E-state index contributed by atoms with van der Waals surface area (Å²) in [7, 11) is 0. The summed E-state index contributed by atoms with van der Waals surface area (Å²) >= 11 is 9.52. The molecule has 0 aromatic heterocycles. The highest BCUT2D eigenvalue weighted by Gasteiger charge is 2.23. The average Bonchev–Trinajstić information content (AvgIpc) is 2.81. The van der Waals surface area contributed by atoms with E-state index in [0.29, 0.717) is 17.4 Å². The number of hydrogen-bond donors (Lipinski definition) is 0. The SMILES string of the molecule is Cc1ccc2c(c1)CC(COc1cc(Br)ccc1Cl)O2. The normalized spacial score (nSPS) is 16.6. The highest BCUT2D eigenvalue weighted by atomic mass is 79.9. The van der Waals surface area contributed by atoms with Gasteiger partial charge in [-0.3, -0.25) is 0 Å². The minimum Gasteiger partial charge on any atom is -0.488 e. The molecule has 0 amide bonds. The highest BCUT2D eigenvalue weighted by Crippen LogP contribution is 2.31. The second kappa shape index (κ2) is 5.66. The van der Waals surface area contributed by atoms with Gasteiger partial charge in [-0.25, -0.2) is 0 Å². The van der Waals surface area contributed by atoms with Gasteiger partial charge in [0.25, 0.3) is 0 Å². The molecule has 0 saturated heterocycles. The van der Waals surface area contributed by atoms with Crippen LogP contribution in [0.25, 0.3) is 0 Å². The summed E-state index contributed by atoms with van der Waals surface area (Å²) in [6.45, 7) is 2.58. The number of halogens is 2. The molecule has 0 bridgehead atoms. The monoisotopic (exact) mass is 352 g/mol. The summed E-state index contributed by atoms with van der Waals surface area (Å²) in [6.07, 6.45) is 0.921. The number of aryl methyl sites for hydroxylation is 1. The van der Waals surface area contributed by atoms with Gasteiger partial charge in [0.05, 0.1) is 5.02 Å². The van der Waals surface area contributed by atoms with Crippen LogP contribution >= 0.6 is 27.5 Å². The van der Waals surface area contributed by atoms with E-state index in [1.54, 1.807) is 0 Å². The van der Waals surface area contributed by atoms with Crippen molar-refractivity contribution in [3.05, 3.63) is 57.0 Å². The Morgan fingerprint density at radius 3 is 3.00 bits per heavy atom. The lowest BCUT2D eigenvalue weighted by molar-refractivity contribution is 0.148. The van der Waals surface area contributed by atoms with Crippen LogP contribution in [0, 0.1) is 6.92 Å². The standard InChI is InChI=1S/C16H14BrClO2/c1-10-2-5-15-11(6-10)7-13(20-15)9-19-16-8-12(17)3-4-14(16)18/h2-6,8,13H,7,9H2,1H3. The molecule has 20 heavy (non-hydrogen) atoms. The minimum atomic E-state index is 0.0434. The molecule has 3 rings (SSSR count). The van der Waals surface area contributed by atoms with Crippen LogP contribution in [0.1, 0.15) is 11.1 Å². The molecule has 0 aliphatic carbocycles. The van der Waals surface area contributed by atoms with Gasteiger partial charge in [0.15, 0.2) is 0 Å². The molecule has 2 aromatic carbocycles. The first-order chi connectivity index (χ1) is 9.61. The van der Waals surface area contributed by atoms with Gasteiger partial charge in [-0.15, -0.1) is 0 Å². The number of fused-ring (bicyclic) bond motifs is 1. The third kappa shape index (κ3) is 2.94. The molecule has 0 radical (unpaired) electrons. The third-order valence-electron chi connectivity index (χ3n) is 3.28. The van der Waals surface area contributed by atoms with E-state index in [0.717, 1.165) is 16.6 Å². The Balaban J connectivity index is 1.65. The van der Waals surface area contributed by atoms with Gasteiger partial charge in [0.2, 0.25) is 0 Å². The Bertz CT molecular complexity index is 642. The van der Waals surface area contributed by atoms with E-state index >= 15 is 0 Å². The zero-order valence-electron chi connectivity index (χ0n) is 11.0. The molecular formula is C16H14BrClO2. The van der Waals surface area contributed by atoms with Gasteiger partial charge in [0.1, 0.15) is 24.2 Å². The Morgan fingerprint density at radius 1 is 1.30 bits per heavy atom. The predicted octanol–water partition coefficient (Wildman–Crippen LogP) is 4.79. The van der Waals surface area contributed by atoms with Crippen molar-refractivity contribution in [2.75, 3.05) is 6.61 Å². The Labute approximate surface area is 131 Å². The molecule has 2 nitrogen and oxygen atoms in total. The quantitative estimate of drug-likeness (QED) is 0.789. The van der Waals surface area contributed by atoms with Crippen LogP contribution in [0.4, 0.5) is 0 Å². The zero-order chi connectivity index (χ0) is 14.1. The number of rotatable bonds is 3. The van der Waals surface area contributed by atoms with Gasteiger partial charge in [-0.2, -0.15) is 0 Å². The van der Waals surface area contributed by atoms with E-state index in [-0.39, 0.29) is 6.10 Å². The van der Waals surface area contributed by atoms with Gasteiger partial charge >= 0.3 is 0 Å². The lowest BCUT2D eigenvalue weighted by Gasteiger charge is -2.13. The second-order valence-electron chi connectivity index (χ2n) is 4.94. The van der Waals surface area contributed by atoms with Crippen molar-refractivity contribution in [2.45, 2.75) is 19.4 Å². The fraction of sp³-hybridized carbons (Fsp3) is 0.250. The molecule has 104 valence electrons. The summed E-state index contributed by atoms with van der Waals surface area (Å²) in [5, 5.41) is 0.611. The third-order valence-corrected chi connectivity index (χ3v) is 4.08. The first-order valence-corrected chi connectivity index (χ1v) is 7.63. The second-order valence-corrected chi connectivity index (χ2v) is 6.26. The fourth-order valence-electron chi connectivity index (χ4n) is 2.31. The molecule has 1 aliphatic heterocycles. The summed E-state index contributed by atoms with van der Waals surface area (Å²) in [5.41, 5.74) is 2.50. The molecule has 1 atom stereocenters. The van der Waals surface area contributed by atoms with Crippen molar-refractivity contribution in [3.8, 4) is 11.5 Å². The minimum absolute atomic E-state index is 0.0434. The molecule has 0 saturated carbocycles. The predicted molar refractivity (Wildman–Crippen MR) is 83.9 cm³/mol. The zero-order valence-corrected chi connectivity index (χ0v) is 13.4. The summed E-state index contributed by atoms with van der Waals surface area (Å²) < 4.78 is 12.6. The van der Waals surface area contributed by atoms with E-state index < -0.39 is 0 Å². The number of benzene rings is 2. The van der Waals surface area contributed by atoms with Crippen LogP contribution < -0.4 is 9.47 Å². The van der Waals surface area contributed by atoms with Gasteiger partial charge in [-0.1, -0.05) is 45.2 Å². The number of hydrogen-bond acceptors (Lipinski definition) is 2. The van der Waals surface area contributed by atoms with Crippen molar-refractivity contribution in [2.24, 2.45) is 0 Å². The molecule has 1 aliphatic rings. The molecule has 1 unspecified atom stereocenters. The Morgan fingerprint density at radius 2 is 2.15 bits per heavy atom. The summed E-state index contributed by atoms with van der Waals surface area (Å²) in [5.74, 6) is 1.64. The molecule has 4 heteroatoms. The van der Waals surface area contributed by atoms with Crippen LogP contribution in [0.15, 0.2) is 40.9 Å². The summed E-state index contributed by atoms with van der Waals surface area (Å²) in [4.78, 5) is 0. The smallest absolute Gasteiger partial charge is 0.139 e. The van der Waals surface area contributed by atoms with Crippen molar-refractivity contribution < 1.29 is 9.47 Å². The van der Waals surface area contributed by atoms with E-state index in [2.05, 4.69) is 35.0 Å². The largest absolute Gasteiger partial charge is 0.488 e. The van der Waals surface area contributed by atoms with Crippen molar-refractivity contribution >= 4 is 27.5 Å². The molecule has 1 heterocycles. The molecule has 0 spiro atoms. The summed E-state index contributed by atoms with van der Waals surface area (Å²) in [6, 6.07) is 11.8. The van der Waals surface area contributed by atoms with Crippen LogP contribution in [0.5, 0.6) is 11.5 Å². The van der Waals surface area contributed by atoms with E-state index in [1.165, 1.54) is 11.1 Å². The lowest BCUT2D eigenvalue weighted by atomic mass is 10.1. The van der Waals surface area contributed by atoms with E-state index in [4.69, 9.17) is 21.1 Å². The average molecular weight is 354 g/mol. The van der Waals surface area contributed by atoms with Crippen LogP contribution in [-0.4, -0.2) is 12.7 Å². The maximum atomic E-state index is 6.10. The fourth-order valence-corrected chi connectivity index (χ4v) is 2.82. The van der Waals surface area contributed by atoms with Gasteiger partial charge in [-0.05, 0) is 36.8 Å². The first kappa shape index (κ1) is 13.8. The van der Waals surface area contributed by atoms with Gasteiger partial charge < -0.3 is 9.47 Å².